The molecule has 19 heavy (non-hydrogen) atoms. The van der Waals surface area contributed by atoms with Crippen molar-refractivity contribution in [2.24, 2.45) is 5.92 Å². The monoisotopic (exact) mass is 265 g/mol. The second kappa shape index (κ2) is 7.22. The van der Waals surface area contributed by atoms with E-state index < -0.39 is 0 Å². The lowest BCUT2D eigenvalue weighted by atomic mass is 10.0. The highest BCUT2D eigenvalue weighted by atomic mass is 16.2. The molecule has 1 rings (SSSR count). The Hall–Kier alpha value is -1.45. The lowest BCUT2D eigenvalue weighted by molar-refractivity contribution is 0.0724. The molecule has 0 aromatic carbocycles. The largest absolute Gasteiger partial charge is 0.397 e. The molecule has 1 amide bonds. The van der Waals surface area contributed by atoms with Crippen LogP contribution in [0.15, 0.2) is 12.3 Å². The SMILES string of the molecule is CCC(CC)CN(CC)C(=O)c1cc(N)cn1CC. The molecule has 0 saturated heterocycles. The third-order valence-electron chi connectivity index (χ3n) is 3.78. The summed E-state index contributed by atoms with van der Waals surface area (Å²) in [6.07, 6.45) is 4.05. The number of carbonyl (C=O) groups is 1. The molecule has 2 N–H and O–H groups in total. The number of hydrogen-bond acceptors (Lipinski definition) is 2. The van der Waals surface area contributed by atoms with E-state index >= 15 is 0 Å². The van der Waals surface area contributed by atoms with Gasteiger partial charge in [-0.05, 0) is 25.8 Å². The van der Waals surface area contributed by atoms with Crippen LogP contribution in [-0.4, -0.2) is 28.5 Å². The minimum atomic E-state index is 0.0907. The van der Waals surface area contributed by atoms with Gasteiger partial charge in [0.15, 0.2) is 0 Å². The average molecular weight is 265 g/mol. The smallest absolute Gasteiger partial charge is 0.270 e. The van der Waals surface area contributed by atoms with Crippen LogP contribution in [0.5, 0.6) is 0 Å². The first-order valence-corrected chi connectivity index (χ1v) is 7.32. The van der Waals surface area contributed by atoms with Gasteiger partial charge in [0.1, 0.15) is 5.69 Å². The molecule has 0 aliphatic rings. The van der Waals surface area contributed by atoms with Crippen molar-refractivity contribution in [3.8, 4) is 0 Å². The van der Waals surface area contributed by atoms with Gasteiger partial charge < -0.3 is 15.2 Å². The predicted molar refractivity (Wildman–Crippen MR) is 80.2 cm³/mol. The van der Waals surface area contributed by atoms with Crippen molar-refractivity contribution in [1.29, 1.82) is 0 Å². The summed E-state index contributed by atoms with van der Waals surface area (Å²) in [5, 5.41) is 0. The number of nitrogens with two attached hydrogens (primary N) is 1. The van der Waals surface area contributed by atoms with Crippen LogP contribution >= 0.6 is 0 Å². The third-order valence-corrected chi connectivity index (χ3v) is 3.78. The number of aromatic nitrogens is 1. The molecule has 0 unspecified atom stereocenters. The molecular formula is C15H27N3O. The molecule has 0 aliphatic carbocycles. The van der Waals surface area contributed by atoms with Crippen LogP contribution in [0.1, 0.15) is 51.0 Å². The van der Waals surface area contributed by atoms with Crippen molar-refractivity contribution in [1.82, 2.24) is 9.47 Å². The molecule has 108 valence electrons. The maximum atomic E-state index is 12.6. The second-order valence-corrected chi connectivity index (χ2v) is 4.97. The fraction of sp³-hybridized carbons (Fsp3) is 0.667. The maximum Gasteiger partial charge on any atom is 0.270 e. The van der Waals surface area contributed by atoms with E-state index in [4.69, 9.17) is 5.73 Å². The number of amides is 1. The Morgan fingerprint density at radius 3 is 2.42 bits per heavy atom. The van der Waals surface area contributed by atoms with E-state index in [1.54, 1.807) is 6.07 Å². The van der Waals surface area contributed by atoms with E-state index in [0.29, 0.717) is 17.3 Å². The van der Waals surface area contributed by atoms with Crippen LogP contribution in [0.25, 0.3) is 0 Å². The molecule has 4 heteroatoms. The summed E-state index contributed by atoms with van der Waals surface area (Å²) in [6.45, 7) is 10.7. The van der Waals surface area contributed by atoms with Crippen molar-refractivity contribution in [2.75, 3.05) is 18.8 Å². The highest BCUT2D eigenvalue weighted by molar-refractivity contribution is 5.93. The standard InChI is InChI=1S/C15H27N3O/c1-5-12(6-2)10-18(8-4)15(19)14-9-13(16)11-17(14)7-3/h9,11-12H,5-8,10,16H2,1-4H3. The van der Waals surface area contributed by atoms with Crippen LogP contribution in [-0.2, 0) is 6.54 Å². The number of carbonyl (C=O) groups excluding carboxylic acids is 1. The normalized spacial score (nSPS) is 11.0. The first kappa shape index (κ1) is 15.6. The molecule has 1 aromatic heterocycles. The Morgan fingerprint density at radius 1 is 1.32 bits per heavy atom. The van der Waals surface area contributed by atoms with Crippen molar-refractivity contribution < 1.29 is 4.79 Å². The molecule has 0 saturated carbocycles. The number of hydrogen-bond donors (Lipinski definition) is 1. The van der Waals surface area contributed by atoms with Crippen LogP contribution in [0, 0.1) is 5.92 Å². The molecule has 1 aromatic rings. The van der Waals surface area contributed by atoms with Crippen molar-refractivity contribution >= 4 is 11.6 Å². The van der Waals surface area contributed by atoms with E-state index in [1.807, 2.05) is 29.5 Å². The summed E-state index contributed by atoms with van der Waals surface area (Å²) in [4.78, 5) is 14.5. The van der Waals surface area contributed by atoms with Gasteiger partial charge in [-0.25, -0.2) is 0 Å². The van der Waals surface area contributed by atoms with Gasteiger partial charge in [-0.2, -0.15) is 0 Å². The molecule has 4 nitrogen and oxygen atoms in total. The third kappa shape index (κ3) is 3.75. The summed E-state index contributed by atoms with van der Waals surface area (Å²) in [7, 11) is 0. The summed E-state index contributed by atoms with van der Waals surface area (Å²) in [5.74, 6) is 0.666. The second-order valence-electron chi connectivity index (χ2n) is 4.97. The van der Waals surface area contributed by atoms with E-state index in [2.05, 4.69) is 13.8 Å². The molecular weight excluding hydrogens is 238 g/mol. The lowest BCUT2D eigenvalue weighted by Gasteiger charge is -2.25. The number of aryl methyl sites for hydroxylation is 1. The molecule has 0 bridgehead atoms. The van der Waals surface area contributed by atoms with Crippen molar-refractivity contribution in [3.63, 3.8) is 0 Å². The van der Waals surface area contributed by atoms with E-state index in [1.165, 1.54) is 0 Å². The molecule has 0 aliphatic heterocycles. The summed E-state index contributed by atoms with van der Waals surface area (Å²) >= 11 is 0. The van der Waals surface area contributed by atoms with Gasteiger partial charge in [0.2, 0.25) is 0 Å². The Kier molecular flexibility index (Phi) is 5.93. The molecule has 0 atom stereocenters. The van der Waals surface area contributed by atoms with Gasteiger partial charge in [-0.1, -0.05) is 26.7 Å². The molecule has 0 fully saturated rings. The summed E-state index contributed by atoms with van der Waals surface area (Å²) in [6, 6.07) is 1.78. The Morgan fingerprint density at radius 2 is 1.95 bits per heavy atom. The van der Waals surface area contributed by atoms with Crippen LogP contribution in [0.4, 0.5) is 5.69 Å². The van der Waals surface area contributed by atoms with Gasteiger partial charge in [0.25, 0.3) is 5.91 Å². The number of nitrogens with zero attached hydrogens (tertiary/aromatic N) is 2. The summed E-state index contributed by atoms with van der Waals surface area (Å²) < 4.78 is 1.92. The van der Waals surface area contributed by atoms with E-state index in [9.17, 15) is 4.79 Å². The average Bonchev–Trinajstić information content (AvgIpc) is 2.81. The molecule has 0 radical (unpaired) electrons. The summed E-state index contributed by atoms with van der Waals surface area (Å²) in [5.41, 5.74) is 7.15. The van der Waals surface area contributed by atoms with Gasteiger partial charge in [-0.3, -0.25) is 4.79 Å². The van der Waals surface area contributed by atoms with Crippen molar-refractivity contribution in [3.05, 3.63) is 18.0 Å². The Labute approximate surface area is 116 Å². The highest BCUT2D eigenvalue weighted by Gasteiger charge is 2.20. The highest BCUT2D eigenvalue weighted by Crippen LogP contribution is 2.16. The van der Waals surface area contributed by atoms with Crippen LogP contribution in [0.3, 0.4) is 0 Å². The zero-order chi connectivity index (χ0) is 14.4. The van der Waals surface area contributed by atoms with Gasteiger partial charge >= 0.3 is 0 Å². The Balaban J connectivity index is 2.88. The van der Waals surface area contributed by atoms with Crippen molar-refractivity contribution in [2.45, 2.75) is 47.1 Å². The number of nitrogen functional groups attached to an aromatic ring is 1. The maximum absolute atomic E-state index is 12.6. The first-order valence-electron chi connectivity index (χ1n) is 7.32. The fourth-order valence-corrected chi connectivity index (χ4v) is 2.35. The number of rotatable bonds is 7. The van der Waals surface area contributed by atoms with Gasteiger partial charge in [-0.15, -0.1) is 0 Å². The van der Waals surface area contributed by atoms with Crippen LogP contribution < -0.4 is 5.73 Å². The zero-order valence-electron chi connectivity index (χ0n) is 12.6. The van der Waals surface area contributed by atoms with Gasteiger partial charge in [0, 0.05) is 25.8 Å². The lowest BCUT2D eigenvalue weighted by Crippen LogP contribution is -2.36. The molecule has 1 heterocycles. The number of anilines is 1. The predicted octanol–water partition coefficient (Wildman–Crippen LogP) is 2.99. The molecule has 0 spiro atoms. The quantitative estimate of drug-likeness (QED) is 0.824. The Bertz CT molecular complexity index is 408. The van der Waals surface area contributed by atoms with E-state index in [0.717, 1.165) is 32.5 Å². The first-order chi connectivity index (χ1) is 9.07. The zero-order valence-corrected chi connectivity index (χ0v) is 12.6. The topological polar surface area (TPSA) is 51.3 Å². The minimum Gasteiger partial charge on any atom is -0.397 e. The fourth-order valence-electron chi connectivity index (χ4n) is 2.35. The van der Waals surface area contributed by atoms with Gasteiger partial charge in [0.05, 0.1) is 5.69 Å². The van der Waals surface area contributed by atoms with Crippen LogP contribution in [0.2, 0.25) is 0 Å². The van der Waals surface area contributed by atoms with E-state index in [-0.39, 0.29) is 5.91 Å². The minimum absolute atomic E-state index is 0.0907.